The molecule has 1 aromatic carbocycles. The van der Waals surface area contributed by atoms with E-state index in [0.717, 1.165) is 17.7 Å². The van der Waals surface area contributed by atoms with Crippen LogP contribution >= 0.6 is 0 Å². The van der Waals surface area contributed by atoms with E-state index in [1.165, 1.54) is 12.1 Å². The molecule has 0 saturated heterocycles. The second-order valence-electron chi connectivity index (χ2n) is 4.40. The molecule has 0 fully saturated rings. The van der Waals surface area contributed by atoms with Gasteiger partial charge in [0, 0.05) is 6.42 Å². The molecule has 2 N–H and O–H groups in total. The number of nitrogens with zero attached hydrogens (tertiary/aromatic N) is 1. The van der Waals surface area contributed by atoms with E-state index in [-0.39, 0.29) is 11.6 Å². The molecule has 0 aliphatic rings. The molecule has 0 unspecified atom stereocenters. The topological polar surface area (TPSA) is 65.2 Å². The zero-order chi connectivity index (χ0) is 14.1. The van der Waals surface area contributed by atoms with E-state index < -0.39 is 0 Å². The molecule has 0 aliphatic heterocycles. The summed E-state index contributed by atoms with van der Waals surface area (Å²) < 4.78 is 23.9. The molecular formula is C15H13FN2O2. The molecule has 2 aromatic heterocycles. The van der Waals surface area contributed by atoms with Crippen molar-refractivity contribution < 1.29 is 13.3 Å². The number of furan rings is 1. The summed E-state index contributed by atoms with van der Waals surface area (Å²) in [5, 5.41) is 3.78. The van der Waals surface area contributed by atoms with Crippen LogP contribution in [0.25, 0.3) is 22.6 Å². The van der Waals surface area contributed by atoms with Crippen molar-refractivity contribution in [2.24, 2.45) is 0 Å². The van der Waals surface area contributed by atoms with Crippen LogP contribution in [0.1, 0.15) is 12.7 Å². The van der Waals surface area contributed by atoms with Crippen molar-refractivity contribution in [2.45, 2.75) is 13.3 Å². The van der Waals surface area contributed by atoms with Crippen molar-refractivity contribution in [3.8, 4) is 22.6 Å². The summed E-state index contributed by atoms with van der Waals surface area (Å²) in [5.41, 5.74) is 7.19. The van der Waals surface area contributed by atoms with Gasteiger partial charge in [0.05, 0.1) is 5.56 Å². The zero-order valence-electron chi connectivity index (χ0n) is 10.9. The number of halogens is 1. The molecule has 0 radical (unpaired) electrons. The highest BCUT2D eigenvalue weighted by Crippen LogP contribution is 2.37. The Morgan fingerprint density at radius 1 is 1.15 bits per heavy atom. The molecule has 0 aliphatic carbocycles. The molecule has 102 valence electrons. The number of rotatable bonds is 3. The average molecular weight is 272 g/mol. The Bertz CT molecular complexity index is 729. The molecule has 5 heteroatoms. The van der Waals surface area contributed by atoms with Crippen LogP contribution in [0.4, 0.5) is 10.2 Å². The predicted molar refractivity (Wildman–Crippen MR) is 73.4 cm³/mol. The van der Waals surface area contributed by atoms with E-state index in [2.05, 4.69) is 5.16 Å². The minimum atomic E-state index is -0.309. The average Bonchev–Trinajstić information content (AvgIpc) is 3.06. The maximum atomic E-state index is 13.0. The molecule has 2 heterocycles. The van der Waals surface area contributed by atoms with Gasteiger partial charge in [0.25, 0.3) is 0 Å². The minimum absolute atomic E-state index is 0.251. The molecule has 0 saturated carbocycles. The van der Waals surface area contributed by atoms with Crippen molar-refractivity contribution in [1.29, 1.82) is 0 Å². The summed E-state index contributed by atoms with van der Waals surface area (Å²) in [6.45, 7) is 2.00. The number of hydrogen-bond acceptors (Lipinski definition) is 4. The van der Waals surface area contributed by atoms with Crippen molar-refractivity contribution in [1.82, 2.24) is 5.16 Å². The number of nitrogens with two attached hydrogens (primary N) is 1. The molecule has 0 spiro atoms. The van der Waals surface area contributed by atoms with Crippen LogP contribution in [0, 0.1) is 5.82 Å². The van der Waals surface area contributed by atoms with Gasteiger partial charge in [-0.3, -0.25) is 0 Å². The Hall–Kier alpha value is -2.56. The first-order valence-electron chi connectivity index (χ1n) is 6.29. The third kappa shape index (κ3) is 2.07. The highest BCUT2D eigenvalue weighted by atomic mass is 19.1. The lowest BCUT2D eigenvalue weighted by Crippen LogP contribution is -1.88. The first-order chi connectivity index (χ1) is 9.69. The Labute approximate surface area is 115 Å². The molecule has 20 heavy (non-hydrogen) atoms. The monoisotopic (exact) mass is 272 g/mol. The van der Waals surface area contributed by atoms with E-state index >= 15 is 0 Å². The zero-order valence-corrected chi connectivity index (χ0v) is 10.9. The predicted octanol–water partition coefficient (Wildman–Crippen LogP) is 3.89. The Kier molecular flexibility index (Phi) is 3.02. The van der Waals surface area contributed by atoms with Gasteiger partial charge in [-0.05, 0) is 29.8 Å². The summed E-state index contributed by atoms with van der Waals surface area (Å²) in [6, 6.07) is 9.68. The number of anilines is 1. The van der Waals surface area contributed by atoms with Gasteiger partial charge in [-0.15, -0.1) is 0 Å². The maximum absolute atomic E-state index is 13.0. The number of aromatic nitrogens is 1. The lowest BCUT2D eigenvalue weighted by atomic mass is 10.0. The van der Waals surface area contributed by atoms with E-state index in [4.69, 9.17) is 14.7 Å². The van der Waals surface area contributed by atoms with Crippen molar-refractivity contribution in [3.05, 3.63) is 48.0 Å². The molecule has 0 amide bonds. The highest BCUT2D eigenvalue weighted by Gasteiger charge is 2.20. The SMILES string of the molecule is CCc1ccc(-c2onc(N)c2-c2ccc(F)cc2)o1. The molecule has 0 atom stereocenters. The van der Waals surface area contributed by atoms with Gasteiger partial charge in [0.1, 0.15) is 11.6 Å². The summed E-state index contributed by atoms with van der Waals surface area (Å²) in [7, 11) is 0. The summed E-state index contributed by atoms with van der Waals surface area (Å²) in [5.74, 6) is 1.80. The van der Waals surface area contributed by atoms with Gasteiger partial charge in [0.15, 0.2) is 11.6 Å². The standard InChI is InChI=1S/C15H13FN2O2/c1-2-11-7-8-12(19-11)14-13(15(17)18-20-14)9-3-5-10(16)6-4-9/h3-8H,2H2,1H3,(H2,17,18). The largest absolute Gasteiger partial charge is 0.458 e. The van der Waals surface area contributed by atoms with Crippen LogP contribution in [0.3, 0.4) is 0 Å². The number of aryl methyl sites for hydroxylation is 1. The fraction of sp³-hybridized carbons (Fsp3) is 0.133. The first-order valence-corrected chi connectivity index (χ1v) is 6.29. The quantitative estimate of drug-likeness (QED) is 0.785. The Morgan fingerprint density at radius 3 is 2.55 bits per heavy atom. The second-order valence-corrected chi connectivity index (χ2v) is 4.40. The Balaban J connectivity index is 2.11. The Morgan fingerprint density at radius 2 is 1.90 bits per heavy atom. The molecule has 4 nitrogen and oxygen atoms in total. The van der Waals surface area contributed by atoms with Crippen molar-refractivity contribution in [2.75, 3.05) is 5.73 Å². The molecular weight excluding hydrogens is 259 g/mol. The van der Waals surface area contributed by atoms with Gasteiger partial charge >= 0.3 is 0 Å². The summed E-state index contributed by atoms with van der Waals surface area (Å²) >= 11 is 0. The summed E-state index contributed by atoms with van der Waals surface area (Å²) in [6.07, 6.45) is 0.787. The summed E-state index contributed by atoms with van der Waals surface area (Å²) in [4.78, 5) is 0. The van der Waals surface area contributed by atoms with Crippen LogP contribution in [0.15, 0.2) is 45.3 Å². The first kappa shape index (κ1) is 12.5. The lowest BCUT2D eigenvalue weighted by molar-refractivity contribution is 0.416. The van der Waals surface area contributed by atoms with Crippen molar-refractivity contribution >= 4 is 5.82 Å². The lowest BCUT2D eigenvalue weighted by Gasteiger charge is -2.00. The van der Waals surface area contributed by atoms with Gasteiger partial charge in [-0.1, -0.05) is 24.2 Å². The van der Waals surface area contributed by atoms with E-state index in [0.29, 0.717) is 17.1 Å². The van der Waals surface area contributed by atoms with Crippen LogP contribution in [-0.4, -0.2) is 5.16 Å². The van der Waals surface area contributed by atoms with Gasteiger partial charge in [0.2, 0.25) is 5.76 Å². The van der Waals surface area contributed by atoms with E-state index in [1.807, 2.05) is 19.1 Å². The normalized spacial score (nSPS) is 10.9. The maximum Gasteiger partial charge on any atom is 0.212 e. The van der Waals surface area contributed by atoms with Gasteiger partial charge in [-0.25, -0.2) is 4.39 Å². The molecule has 0 bridgehead atoms. The fourth-order valence-electron chi connectivity index (χ4n) is 2.06. The fourth-order valence-corrected chi connectivity index (χ4v) is 2.06. The number of benzene rings is 1. The van der Waals surface area contributed by atoms with Gasteiger partial charge in [-0.2, -0.15) is 0 Å². The third-order valence-electron chi connectivity index (χ3n) is 3.09. The minimum Gasteiger partial charge on any atom is -0.458 e. The number of nitrogen functional groups attached to an aromatic ring is 1. The van der Waals surface area contributed by atoms with Crippen LogP contribution in [-0.2, 0) is 6.42 Å². The van der Waals surface area contributed by atoms with E-state index in [1.54, 1.807) is 12.1 Å². The van der Waals surface area contributed by atoms with E-state index in [9.17, 15) is 4.39 Å². The van der Waals surface area contributed by atoms with Crippen molar-refractivity contribution in [3.63, 3.8) is 0 Å². The smallest absolute Gasteiger partial charge is 0.212 e. The third-order valence-corrected chi connectivity index (χ3v) is 3.09. The highest BCUT2D eigenvalue weighted by molar-refractivity contribution is 5.84. The molecule has 3 rings (SSSR count). The van der Waals surface area contributed by atoms with Crippen LogP contribution in [0.5, 0.6) is 0 Å². The van der Waals surface area contributed by atoms with Crippen LogP contribution in [0.2, 0.25) is 0 Å². The second kappa shape index (κ2) is 4.85. The van der Waals surface area contributed by atoms with Crippen LogP contribution < -0.4 is 5.73 Å². The van der Waals surface area contributed by atoms with Gasteiger partial charge < -0.3 is 14.7 Å². The number of hydrogen-bond donors (Lipinski definition) is 1. The molecule has 3 aromatic rings.